The molecular formula is C27H27BF3N2O2S-. The summed E-state index contributed by atoms with van der Waals surface area (Å²) in [4.78, 5) is 17.1. The van der Waals surface area contributed by atoms with Crippen molar-refractivity contribution in [2.24, 2.45) is 0 Å². The van der Waals surface area contributed by atoms with Crippen molar-refractivity contribution in [1.29, 1.82) is 0 Å². The third-order valence-electron chi connectivity index (χ3n) is 7.16. The molecule has 0 atom stereocenters. The largest absolute Gasteiger partial charge is 0.482 e. The summed E-state index contributed by atoms with van der Waals surface area (Å²) in [6.07, 6.45) is -1.29. The van der Waals surface area contributed by atoms with Gasteiger partial charge in [0.15, 0.2) is 0 Å². The van der Waals surface area contributed by atoms with Crippen molar-refractivity contribution < 1.29 is 22.5 Å². The van der Waals surface area contributed by atoms with Crippen LogP contribution in [0.5, 0.6) is 0 Å². The molecule has 1 heterocycles. The molecule has 1 fully saturated rings. The van der Waals surface area contributed by atoms with Gasteiger partial charge in [0.1, 0.15) is 6.61 Å². The van der Waals surface area contributed by atoms with E-state index in [1.165, 1.54) is 11.1 Å². The number of ether oxygens (including phenoxy) is 1. The van der Waals surface area contributed by atoms with Crippen LogP contribution in [-0.4, -0.2) is 50.8 Å². The molecule has 1 aliphatic heterocycles. The number of benzene rings is 3. The first kappa shape index (κ1) is 24.6. The van der Waals surface area contributed by atoms with E-state index in [1.807, 2.05) is 29.2 Å². The lowest BCUT2D eigenvalue weighted by molar-refractivity contribution is 0.0977. The minimum Gasteiger partial charge on any atom is -0.449 e. The number of carbonyl (C=O) groups excluding carboxylic acids is 1. The van der Waals surface area contributed by atoms with E-state index in [0.29, 0.717) is 42.3 Å². The molecule has 0 bridgehead atoms. The van der Waals surface area contributed by atoms with E-state index in [-0.39, 0.29) is 24.2 Å². The Bertz CT molecular complexity index is 1250. The number of nitrogens with zero attached hydrogens (tertiary/aromatic N) is 2. The van der Waals surface area contributed by atoms with E-state index < -0.39 is 13.3 Å². The summed E-state index contributed by atoms with van der Waals surface area (Å²) in [6.45, 7) is -1.12. The van der Waals surface area contributed by atoms with Crippen LogP contribution in [0.25, 0.3) is 11.1 Å². The SMILES string of the molecule is Cc1c(S)cc(N2CCN(C(=O)OCC3c4ccccc4-c4ccccc43)CC2)cc1C[B-](F)(F)F. The van der Waals surface area contributed by atoms with Crippen LogP contribution in [0.3, 0.4) is 0 Å². The zero-order chi connectivity index (χ0) is 25.4. The summed E-state index contributed by atoms with van der Waals surface area (Å²) in [6, 6.07) is 19.8. The van der Waals surface area contributed by atoms with Crippen LogP contribution in [-0.2, 0) is 11.1 Å². The molecule has 4 nitrogen and oxygen atoms in total. The van der Waals surface area contributed by atoms with Crippen LogP contribution in [0, 0.1) is 6.92 Å². The number of piperazine rings is 1. The van der Waals surface area contributed by atoms with Crippen molar-refractivity contribution >= 4 is 31.4 Å². The highest BCUT2D eigenvalue weighted by Crippen LogP contribution is 2.44. The van der Waals surface area contributed by atoms with Crippen molar-refractivity contribution in [3.05, 3.63) is 82.9 Å². The minimum atomic E-state index is -4.94. The van der Waals surface area contributed by atoms with Gasteiger partial charge < -0.3 is 27.5 Å². The molecule has 0 aromatic heterocycles. The molecule has 5 rings (SSSR count). The minimum absolute atomic E-state index is 0.00217. The lowest BCUT2D eigenvalue weighted by atomic mass is 9.80. The fraction of sp³-hybridized carbons (Fsp3) is 0.296. The zero-order valence-corrected chi connectivity index (χ0v) is 20.9. The fourth-order valence-corrected chi connectivity index (χ4v) is 5.49. The molecule has 0 saturated carbocycles. The normalized spacial score (nSPS) is 15.6. The molecular weight excluding hydrogens is 484 g/mol. The number of halogens is 3. The van der Waals surface area contributed by atoms with Crippen molar-refractivity contribution in [3.8, 4) is 11.1 Å². The Balaban J connectivity index is 1.22. The van der Waals surface area contributed by atoms with Gasteiger partial charge in [-0.1, -0.05) is 60.4 Å². The molecule has 9 heteroatoms. The molecule has 1 saturated heterocycles. The maximum absolute atomic E-state index is 13.1. The summed E-state index contributed by atoms with van der Waals surface area (Å²) in [5, 5.41) is 0. The molecule has 0 unspecified atom stereocenters. The molecule has 36 heavy (non-hydrogen) atoms. The van der Waals surface area contributed by atoms with Crippen LogP contribution in [0.1, 0.15) is 28.2 Å². The Morgan fingerprint density at radius 1 is 0.972 bits per heavy atom. The number of hydrogen-bond acceptors (Lipinski definition) is 4. The van der Waals surface area contributed by atoms with E-state index >= 15 is 0 Å². The molecule has 0 radical (unpaired) electrons. The van der Waals surface area contributed by atoms with Gasteiger partial charge in [-0.3, -0.25) is 0 Å². The maximum atomic E-state index is 13.1. The first-order valence-electron chi connectivity index (χ1n) is 12.1. The van der Waals surface area contributed by atoms with Gasteiger partial charge in [0.2, 0.25) is 0 Å². The van der Waals surface area contributed by atoms with Crippen LogP contribution in [0.4, 0.5) is 23.4 Å². The zero-order valence-electron chi connectivity index (χ0n) is 20.0. The molecule has 0 N–H and O–H groups in total. The predicted molar refractivity (Wildman–Crippen MR) is 140 cm³/mol. The second-order valence-electron chi connectivity index (χ2n) is 9.44. The first-order valence-corrected chi connectivity index (χ1v) is 12.5. The standard InChI is InChI=1S/C27H27BF3N2O2S/c1-18-19(16-28(29,30)31)14-20(15-26(18)36)32-10-12-33(13-11-32)27(34)35-17-25-23-8-4-2-6-21(23)22-7-3-5-9-24(22)25/h2-9,14-15,25,36H,10-13,16-17H2,1H3/q-1. The van der Waals surface area contributed by atoms with Gasteiger partial charge >= 0.3 is 13.1 Å². The van der Waals surface area contributed by atoms with Gasteiger partial charge in [0, 0.05) is 42.7 Å². The Hall–Kier alpha value is -3.07. The average molecular weight is 511 g/mol. The fourth-order valence-electron chi connectivity index (χ4n) is 5.22. The summed E-state index contributed by atoms with van der Waals surface area (Å²) >= 11 is 4.40. The number of thiol groups is 1. The van der Waals surface area contributed by atoms with Gasteiger partial charge in [-0.15, -0.1) is 12.6 Å². The van der Waals surface area contributed by atoms with Crippen molar-refractivity contribution in [2.45, 2.75) is 24.1 Å². The molecule has 1 amide bonds. The highest BCUT2D eigenvalue weighted by molar-refractivity contribution is 7.80. The first-order chi connectivity index (χ1) is 17.2. The molecule has 3 aromatic rings. The van der Waals surface area contributed by atoms with Gasteiger partial charge in [-0.25, -0.2) is 4.79 Å². The Labute approximate surface area is 214 Å². The number of rotatable bonds is 5. The Morgan fingerprint density at radius 3 is 2.14 bits per heavy atom. The van der Waals surface area contributed by atoms with E-state index in [1.54, 1.807) is 24.0 Å². The summed E-state index contributed by atoms with van der Waals surface area (Å²) < 4.78 is 45.0. The van der Waals surface area contributed by atoms with Crippen LogP contribution < -0.4 is 4.90 Å². The predicted octanol–water partition coefficient (Wildman–Crippen LogP) is 6.28. The van der Waals surface area contributed by atoms with Gasteiger partial charge in [0.05, 0.1) is 0 Å². The van der Waals surface area contributed by atoms with Gasteiger partial charge in [-0.05, 0) is 46.9 Å². The lowest BCUT2D eigenvalue weighted by Gasteiger charge is -2.36. The van der Waals surface area contributed by atoms with Crippen LogP contribution >= 0.6 is 12.6 Å². The van der Waals surface area contributed by atoms with Crippen molar-refractivity contribution in [2.75, 3.05) is 37.7 Å². The molecule has 188 valence electrons. The van der Waals surface area contributed by atoms with Crippen LogP contribution in [0.15, 0.2) is 65.6 Å². The van der Waals surface area contributed by atoms with E-state index in [9.17, 15) is 17.7 Å². The highest BCUT2D eigenvalue weighted by Gasteiger charge is 2.31. The number of hydrogen-bond donors (Lipinski definition) is 1. The molecule has 1 aliphatic carbocycles. The van der Waals surface area contributed by atoms with Gasteiger partial charge in [0.25, 0.3) is 0 Å². The third-order valence-corrected chi connectivity index (χ3v) is 7.63. The quantitative estimate of drug-likeness (QED) is 0.323. The van der Waals surface area contributed by atoms with Crippen molar-refractivity contribution in [3.63, 3.8) is 0 Å². The summed E-state index contributed by atoms with van der Waals surface area (Å²) in [5.74, 6) is -0.00217. The summed E-state index contributed by atoms with van der Waals surface area (Å²) in [7, 11) is 0. The molecule has 0 spiro atoms. The van der Waals surface area contributed by atoms with Gasteiger partial charge in [-0.2, -0.15) is 0 Å². The second-order valence-corrected chi connectivity index (χ2v) is 9.92. The highest BCUT2D eigenvalue weighted by atomic mass is 32.1. The van der Waals surface area contributed by atoms with E-state index in [0.717, 1.165) is 11.1 Å². The smallest absolute Gasteiger partial charge is 0.449 e. The Kier molecular flexibility index (Phi) is 6.68. The van der Waals surface area contributed by atoms with Crippen LogP contribution in [0.2, 0.25) is 0 Å². The van der Waals surface area contributed by atoms with Crippen molar-refractivity contribution in [1.82, 2.24) is 4.90 Å². The average Bonchev–Trinajstić information content (AvgIpc) is 3.18. The van der Waals surface area contributed by atoms with E-state index in [2.05, 4.69) is 36.9 Å². The second kappa shape index (κ2) is 9.77. The summed E-state index contributed by atoms with van der Waals surface area (Å²) in [5.41, 5.74) is 6.19. The number of amides is 1. The molecule has 3 aromatic carbocycles. The maximum Gasteiger partial charge on any atom is 0.482 e. The monoisotopic (exact) mass is 511 g/mol. The topological polar surface area (TPSA) is 32.8 Å². The Morgan fingerprint density at radius 2 is 1.56 bits per heavy atom. The number of fused-ring (bicyclic) bond motifs is 3. The number of anilines is 1. The number of carbonyl (C=O) groups is 1. The van der Waals surface area contributed by atoms with E-state index in [4.69, 9.17) is 4.74 Å². The lowest BCUT2D eigenvalue weighted by Crippen LogP contribution is -2.49. The molecule has 2 aliphatic rings. The third kappa shape index (κ3) is 4.94.